The molecule has 5 unspecified atom stereocenters. The Morgan fingerprint density at radius 2 is 0.593 bits per heavy atom. The van der Waals surface area contributed by atoms with Crippen molar-refractivity contribution in [3.8, 4) is 0 Å². The van der Waals surface area contributed by atoms with Crippen LogP contribution in [0.2, 0.25) is 0 Å². The zero-order valence-corrected chi connectivity index (χ0v) is 18.5. The van der Waals surface area contributed by atoms with E-state index in [-0.39, 0.29) is 26.2 Å². The molecule has 0 saturated heterocycles. The maximum atomic E-state index is 11.0. The number of nitrogens with zero attached hydrogens (tertiary/aromatic N) is 3. The average Bonchev–Trinajstić information content (AvgIpc) is 2.46. The molecule has 0 rings (SSSR count). The van der Waals surface area contributed by atoms with E-state index < -0.39 is 71.6 Å². The van der Waals surface area contributed by atoms with Gasteiger partial charge < -0.3 is 24.5 Å². The van der Waals surface area contributed by atoms with E-state index in [0.29, 0.717) is 0 Å². The maximum Gasteiger partial charge on any atom is 0.325 e. The monoisotopic (exact) mass is 483 g/mol. The summed E-state index contributed by atoms with van der Waals surface area (Å²) in [6, 6.07) is 0. The van der Waals surface area contributed by atoms with Crippen LogP contribution < -0.4 is 24.5 Å². The molecular formula is C9H18N3O10P5. The van der Waals surface area contributed by atoms with Gasteiger partial charge in [-0.05, 0) is 0 Å². The first kappa shape index (κ1) is 27.2. The number of rotatable bonds is 16. The van der Waals surface area contributed by atoms with E-state index in [1.165, 1.54) is 4.90 Å². The molecule has 5 atom stereocenters. The highest BCUT2D eigenvalue weighted by Crippen LogP contribution is 2.19. The van der Waals surface area contributed by atoms with Crippen molar-refractivity contribution in [1.82, 2.24) is 14.7 Å². The first-order valence-corrected chi connectivity index (χ1v) is 14.1. The Labute approximate surface area is 160 Å². The van der Waals surface area contributed by atoms with Crippen molar-refractivity contribution in [3.63, 3.8) is 0 Å². The third-order valence-corrected chi connectivity index (χ3v) is 6.20. The van der Waals surface area contributed by atoms with Gasteiger partial charge in [-0.15, -0.1) is 0 Å². The molecule has 0 fully saturated rings. The third kappa shape index (κ3) is 16.8. The van der Waals surface area contributed by atoms with Crippen LogP contribution in [0.5, 0.6) is 0 Å². The van der Waals surface area contributed by atoms with Crippen molar-refractivity contribution in [2.24, 2.45) is 0 Å². The Bertz CT molecular complexity index is 494. The fourth-order valence-corrected chi connectivity index (χ4v) is 5.20. The van der Waals surface area contributed by atoms with Crippen molar-refractivity contribution in [1.29, 1.82) is 0 Å². The highest BCUT2D eigenvalue weighted by molar-refractivity contribution is 7.37. The molecule has 0 radical (unpaired) electrons. The van der Waals surface area contributed by atoms with Gasteiger partial charge in [-0.3, -0.25) is 4.90 Å². The fourth-order valence-electron chi connectivity index (χ4n) is 2.01. The molecule has 0 aromatic rings. The van der Waals surface area contributed by atoms with Crippen LogP contribution in [0, 0.1) is 0 Å². The minimum absolute atomic E-state index is 0.0173. The van der Waals surface area contributed by atoms with Crippen LogP contribution in [-0.2, 0) is 22.8 Å². The van der Waals surface area contributed by atoms with Crippen molar-refractivity contribution in [2.45, 2.75) is 0 Å². The number of hydrogen-bond donors (Lipinski definition) is 0. The summed E-state index contributed by atoms with van der Waals surface area (Å²) >= 11 is 0. The highest BCUT2D eigenvalue weighted by atomic mass is 31.1. The summed E-state index contributed by atoms with van der Waals surface area (Å²) in [6.07, 6.45) is -2.51. The molecule has 0 amide bonds. The molecule has 0 aromatic carbocycles. The van der Waals surface area contributed by atoms with Crippen LogP contribution in [0.3, 0.4) is 0 Å². The predicted molar refractivity (Wildman–Crippen MR) is 87.4 cm³/mol. The van der Waals surface area contributed by atoms with E-state index in [1.54, 1.807) is 0 Å². The van der Waals surface area contributed by atoms with Crippen LogP contribution >= 0.6 is 40.1 Å². The number of hydrogen-bond acceptors (Lipinski definition) is 13. The van der Waals surface area contributed by atoms with Gasteiger partial charge >= 0.3 is 40.1 Å². The van der Waals surface area contributed by atoms with Crippen LogP contribution in [0.1, 0.15) is 0 Å². The van der Waals surface area contributed by atoms with Gasteiger partial charge in [0, 0.05) is 26.2 Å². The van der Waals surface area contributed by atoms with E-state index in [0.717, 1.165) is 9.80 Å². The summed E-state index contributed by atoms with van der Waals surface area (Å²) in [4.78, 5) is 57.7. The molecule has 27 heavy (non-hydrogen) atoms. The van der Waals surface area contributed by atoms with Crippen LogP contribution in [0.25, 0.3) is 0 Å². The smallest absolute Gasteiger partial charge is 0.325 e. The first-order chi connectivity index (χ1) is 12.5. The lowest BCUT2D eigenvalue weighted by Gasteiger charge is -2.23. The Morgan fingerprint density at radius 3 is 0.815 bits per heavy atom. The molecular weight excluding hydrogens is 465 g/mol. The molecule has 0 aromatic heterocycles. The zero-order valence-electron chi connectivity index (χ0n) is 14.0. The molecule has 0 aliphatic heterocycles. The van der Waals surface area contributed by atoms with Gasteiger partial charge in [-0.25, -0.2) is 9.80 Å². The lowest BCUT2D eigenvalue weighted by Crippen LogP contribution is -2.40. The average molecular weight is 483 g/mol. The van der Waals surface area contributed by atoms with E-state index >= 15 is 0 Å². The van der Waals surface area contributed by atoms with Crippen LogP contribution in [0.15, 0.2) is 0 Å². The van der Waals surface area contributed by atoms with Gasteiger partial charge in [0.2, 0.25) is 0 Å². The quantitative estimate of drug-likeness (QED) is 0.203. The summed E-state index contributed by atoms with van der Waals surface area (Å²) < 4.78 is 54.2. The maximum absolute atomic E-state index is 11.0. The van der Waals surface area contributed by atoms with Crippen molar-refractivity contribution < 1.29 is 47.3 Å². The molecule has 0 spiro atoms. The van der Waals surface area contributed by atoms with Gasteiger partial charge in [-0.1, -0.05) is 22.8 Å². The molecule has 18 heteroatoms. The Balaban J connectivity index is 4.85. The van der Waals surface area contributed by atoms with Gasteiger partial charge in [0.1, 0.15) is 0 Å². The molecule has 0 aliphatic rings. The standard InChI is InChI=1S/C9H18N3O10P5/c13-23(14)5-10(1-3-11(6-24(15)16)7-25(17)18)2-4-12(8-26(19)20)9-27(21)22/h1-9H2. The van der Waals surface area contributed by atoms with E-state index in [9.17, 15) is 47.3 Å². The topological polar surface area (TPSA) is 210 Å². The first-order valence-electron chi connectivity index (χ1n) is 7.25. The lowest BCUT2D eigenvalue weighted by molar-refractivity contribution is -0.170. The minimum Gasteiger partial charge on any atom is -0.594 e. The fraction of sp³-hybridized carbons (Fsp3) is 1.00. The zero-order chi connectivity index (χ0) is 21.0. The second-order valence-corrected chi connectivity index (χ2v) is 10.0. The van der Waals surface area contributed by atoms with Crippen molar-refractivity contribution in [3.05, 3.63) is 0 Å². The summed E-state index contributed by atoms with van der Waals surface area (Å²) in [5, 5.41) is 0. The van der Waals surface area contributed by atoms with E-state index in [2.05, 4.69) is 0 Å². The van der Waals surface area contributed by atoms with E-state index in [1.807, 2.05) is 0 Å². The molecule has 0 aliphatic carbocycles. The molecule has 0 bridgehead atoms. The van der Waals surface area contributed by atoms with E-state index in [4.69, 9.17) is 0 Å². The minimum atomic E-state index is -2.88. The summed E-state index contributed by atoms with van der Waals surface area (Å²) in [5.74, 6) is 0. The summed E-state index contributed by atoms with van der Waals surface area (Å²) in [5.41, 5.74) is 0. The molecule has 0 saturated carbocycles. The van der Waals surface area contributed by atoms with Crippen LogP contribution in [-0.4, -0.2) is 72.3 Å². The summed E-state index contributed by atoms with van der Waals surface area (Å²) in [6.45, 7) is -0.171. The molecule has 13 nitrogen and oxygen atoms in total. The second-order valence-electron chi connectivity index (χ2n) is 5.28. The van der Waals surface area contributed by atoms with Crippen molar-refractivity contribution >= 4 is 40.1 Å². The van der Waals surface area contributed by atoms with Gasteiger partial charge in [-0.2, -0.15) is 0 Å². The van der Waals surface area contributed by atoms with Crippen molar-refractivity contribution in [2.75, 3.05) is 57.6 Å². The molecule has 154 valence electrons. The largest absolute Gasteiger partial charge is 0.594 e. The van der Waals surface area contributed by atoms with Crippen LogP contribution in [0.4, 0.5) is 0 Å². The van der Waals surface area contributed by atoms with Gasteiger partial charge in [0.15, 0.2) is 31.4 Å². The normalized spacial score (nSPS) is 14.6. The van der Waals surface area contributed by atoms with Gasteiger partial charge in [0.05, 0.1) is 0 Å². The highest BCUT2D eigenvalue weighted by Gasteiger charge is 2.23. The Kier molecular flexibility index (Phi) is 15.2. The second kappa shape index (κ2) is 15.1. The Morgan fingerprint density at radius 1 is 0.407 bits per heavy atom. The lowest BCUT2D eigenvalue weighted by atomic mass is 10.4. The third-order valence-electron chi connectivity index (χ3n) is 3.04. The predicted octanol–water partition coefficient (Wildman–Crippen LogP) is -2.81. The molecule has 0 heterocycles. The van der Waals surface area contributed by atoms with Gasteiger partial charge in [0.25, 0.3) is 0 Å². The SMILES string of the molecule is O=[P+]([O-])CN(CCN(C[P+](=O)[O-])C[P+](=O)[O-])CCN(C[P+](=O)[O-])C[P+](=O)[O-]. The molecule has 0 N–H and O–H groups in total. The Hall–Kier alpha value is 0.180. The summed E-state index contributed by atoms with van der Waals surface area (Å²) in [7, 11) is -14.4.